The van der Waals surface area contributed by atoms with Gasteiger partial charge in [0.25, 0.3) is 0 Å². The number of carboxylic acid groups (broad SMARTS) is 1. The Morgan fingerprint density at radius 2 is 2.04 bits per heavy atom. The van der Waals surface area contributed by atoms with Gasteiger partial charge in [-0.2, -0.15) is 10.2 Å². The zero-order valence-electron chi connectivity index (χ0n) is 15.3. The number of nitrogens with zero attached hydrogens (tertiary/aromatic N) is 4. The molecule has 0 aliphatic heterocycles. The van der Waals surface area contributed by atoms with E-state index in [0.717, 1.165) is 0 Å². The molecule has 2 aromatic heterocycles. The molecule has 1 aromatic carbocycles. The van der Waals surface area contributed by atoms with Crippen molar-refractivity contribution in [2.45, 2.75) is 33.0 Å². The molecule has 1 unspecified atom stereocenters. The Morgan fingerprint density at radius 3 is 2.61 bits per heavy atom. The summed E-state index contributed by atoms with van der Waals surface area (Å²) in [4.78, 5) is 11.1. The maximum Gasteiger partial charge on any atom is 0.406 e. The van der Waals surface area contributed by atoms with Crippen molar-refractivity contribution >= 4 is 29.3 Å². The van der Waals surface area contributed by atoms with Crippen LogP contribution in [-0.2, 0) is 13.0 Å². The standard InChI is InChI=1S/C18H19Cl2N5O3/c1-3-15-17(28-14-8-12(19)7-13(20)9-14)16(10-24-6-4-5-21-24)25(23-15)11(2)22-18(26)27/h4-9,11,22H,3,10H2,1-2H3,(H,26,27). The number of amides is 1. The van der Waals surface area contributed by atoms with Crippen LogP contribution in [0.4, 0.5) is 4.79 Å². The molecule has 3 aromatic rings. The second-order valence-corrected chi connectivity index (χ2v) is 6.93. The Balaban J connectivity index is 2.07. The third kappa shape index (κ3) is 4.58. The van der Waals surface area contributed by atoms with Crippen LogP contribution in [0.25, 0.3) is 0 Å². The number of hydrogen-bond donors (Lipinski definition) is 2. The van der Waals surface area contributed by atoms with Crippen LogP contribution in [-0.4, -0.2) is 30.8 Å². The number of aryl methyl sites for hydroxylation is 1. The van der Waals surface area contributed by atoms with Crippen molar-refractivity contribution in [2.24, 2.45) is 0 Å². The summed E-state index contributed by atoms with van der Waals surface area (Å²) >= 11 is 12.2. The van der Waals surface area contributed by atoms with E-state index in [0.29, 0.717) is 45.9 Å². The van der Waals surface area contributed by atoms with Gasteiger partial charge < -0.3 is 9.84 Å². The van der Waals surface area contributed by atoms with Crippen molar-refractivity contribution in [1.29, 1.82) is 0 Å². The lowest BCUT2D eigenvalue weighted by Crippen LogP contribution is -2.31. The first-order valence-electron chi connectivity index (χ1n) is 8.58. The topological polar surface area (TPSA) is 94.2 Å². The number of aromatic nitrogens is 4. The van der Waals surface area contributed by atoms with Crippen molar-refractivity contribution < 1.29 is 14.6 Å². The van der Waals surface area contributed by atoms with E-state index in [2.05, 4.69) is 15.5 Å². The summed E-state index contributed by atoms with van der Waals surface area (Å²) in [6, 6.07) is 6.73. The van der Waals surface area contributed by atoms with E-state index in [1.54, 1.807) is 52.9 Å². The lowest BCUT2D eigenvalue weighted by atomic mass is 10.2. The molecule has 10 heteroatoms. The Bertz CT molecular complexity index is 952. The molecule has 0 bridgehead atoms. The van der Waals surface area contributed by atoms with Crippen molar-refractivity contribution in [1.82, 2.24) is 24.9 Å². The molecule has 0 aliphatic rings. The fourth-order valence-corrected chi connectivity index (χ4v) is 3.32. The van der Waals surface area contributed by atoms with Gasteiger partial charge in [-0.15, -0.1) is 0 Å². The molecule has 0 spiro atoms. The molecular formula is C18H19Cl2N5O3. The van der Waals surface area contributed by atoms with E-state index in [-0.39, 0.29) is 0 Å². The predicted octanol–water partition coefficient (Wildman–Crippen LogP) is 4.58. The third-order valence-corrected chi connectivity index (χ3v) is 4.43. The van der Waals surface area contributed by atoms with Crippen LogP contribution in [0.15, 0.2) is 36.7 Å². The largest absolute Gasteiger partial charge is 0.465 e. The van der Waals surface area contributed by atoms with Gasteiger partial charge in [0.2, 0.25) is 0 Å². The number of halogens is 2. The molecule has 1 amide bonds. The van der Waals surface area contributed by atoms with Crippen LogP contribution in [0.5, 0.6) is 11.5 Å². The van der Waals surface area contributed by atoms with Crippen LogP contribution >= 0.6 is 23.2 Å². The van der Waals surface area contributed by atoms with Crippen LogP contribution in [0.3, 0.4) is 0 Å². The van der Waals surface area contributed by atoms with Gasteiger partial charge >= 0.3 is 6.09 Å². The first-order valence-corrected chi connectivity index (χ1v) is 9.34. The van der Waals surface area contributed by atoms with Crippen LogP contribution in [0, 0.1) is 0 Å². The highest BCUT2D eigenvalue weighted by Gasteiger charge is 2.23. The number of carbonyl (C=O) groups is 1. The molecule has 0 saturated heterocycles. The molecule has 1 atom stereocenters. The molecule has 148 valence electrons. The monoisotopic (exact) mass is 423 g/mol. The molecule has 3 rings (SSSR count). The van der Waals surface area contributed by atoms with Crippen molar-refractivity contribution in [3.8, 4) is 11.5 Å². The number of hydrogen-bond acceptors (Lipinski definition) is 4. The van der Waals surface area contributed by atoms with Crippen LogP contribution in [0.1, 0.15) is 31.4 Å². The van der Waals surface area contributed by atoms with E-state index in [1.807, 2.05) is 6.92 Å². The van der Waals surface area contributed by atoms with Crippen LogP contribution in [0.2, 0.25) is 10.0 Å². The SMILES string of the molecule is CCc1nn(C(C)NC(=O)O)c(Cn2cccn2)c1Oc1cc(Cl)cc(Cl)c1. The Morgan fingerprint density at radius 1 is 1.32 bits per heavy atom. The Hall–Kier alpha value is -2.71. The van der Waals surface area contributed by atoms with Gasteiger partial charge in [-0.3, -0.25) is 10.00 Å². The van der Waals surface area contributed by atoms with E-state index >= 15 is 0 Å². The summed E-state index contributed by atoms with van der Waals surface area (Å²) in [5.41, 5.74) is 1.34. The molecule has 0 aliphatic carbocycles. The molecular weight excluding hydrogens is 405 g/mol. The smallest absolute Gasteiger partial charge is 0.406 e. The average molecular weight is 424 g/mol. The molecule has 0 saturated carbocycles. The molecule has 8 nitrogen and oxygen atoms in total. The maximum atomic E-state index is 11.1. The van der Waals surface area contributed by atoms with Gasteiger partial charge in [-0.25, -0.2) is 9.48 Å². The molecule has 2 N–H and O–H groups in total. The predicted molar refractivity (Wildman–Crippen MR) is 105 cm³/mol. The maximum absolute atomic E-state index is 11.1. The van der Waals surface area contributed by atoms with Gasteiger partial charge in [0.1, 0.15) is 23.3 Å². The van der Waals surface area contributed by atoms with E-state index in [9.17, 15) is 4.79 Å². The Kier molecular flexibility index (Phi) is 6.11. The highest BCUT2D eigenvalue weighted by molar-refractivity contribution is 6.34. The Labute approximate surface area is 171 Å². The zero-order chi connectivity index (χ0) is 20.3. The average Bonchev–Trinajstić information content (AvgIpc) is 3.22. The lowest BCUT2D eigenvalue weighted by Gasteiger charge is -2.16. The number of rotatable bonds is 7. The second-order valence-electron chi connectivity index (χ2n) is 6.06. The van der Waals surface area contributed by atoms with Gasteiger partial charge in [0.05, 0.1) is 6.54 Å². The zero-order valence-corrected chi connectivity index (χ0v) is 16.8. The minimum Gasteiger partial charge on any atom is -0.465 e. The van der Waals surface area contributed by atoms with E-state index in [4.69, 9.17) is 33.0 Å². The normalized spacial score (nSPS) is 12.0. The first kappa shape index (κ1) is 20.0. The van der Waals surface area contributed by atoms with E-state index < -0.39 is 12.3 Å². The highest BCUT2D eigenvalue weighted by atomic mass is 35.5. The molecule has 0 radical (unpaired) electrons. The minimum absolute atomic E-state index is 0.343. The fourth-order valence-electron chi connectivity index (χ4n) is 2.81. The fraction of sp³-hybridized carbons (Fsp3) is 0.278. The van der Waals surface area contributed by atoms with Gasteiger partial charge in [0, 0.05) is 22.4 Å². The highest BCUT2D eigenvalue weighted by Crippen LogP contribution is 2.34. The summed E-state index contributed by atoms with van der Waals surface area (Å²) in [5, 5.41) is 21.2. The molecule has 2 heterocycles. The lowest BCUT2D eigenvalue weighted by molar-refractivity contribution is 0.184. The second kappa shape index (κ2) is 8.53. The third-order valence-electron chi connectivity index (χ3n) is 3.99. The number of benzene rings is 1. The molecule has 0 fully saturated rings. The summed E-state index contributed by atoms with van der Waals surface area (Å²) in [5.74, 6) is 0.989. The summed E-state index contributed by atoms with van der Waals surface area (Å²) in [6.07, 6.45) is 2.31. The van der Waals surface area contributed by atoms with Gasteiger partial charge in [-0.1, -0.05) is 30.1 Å². The molecule has 28 heavy (non-hydrogen) atoms. The van der Waals surface area contributed by atoms with Gasteiger partial charge in [-0.05, 0) is 37.6 Å². The summed E-state index contributed by atoms with van der Waals surface area (Å²) in [7, 11) is 0. The quantitative estimate of drug-likeness (QED) is 0.579. The number of ether oxygens (including phenoxy) is 1. The van der Waals surface area contributed by atoms with Crippen LogP contribution < -0.4 is 10.1 Å². The van der Waals surface area contributed by atoms with E-state index in [1.165, 1.54) is 0 Å². The summed E-state index contributed by atoms with van der Waals surface area (Å²) in [6.45, 7) is 3.99. The summed E-state index contributed by atoms with van der Waals surface area (Å²) < 4.78 is 9.41. The minimum atomic E-state index is -1.14. The van der Waals surface area contributed by atoms with Crippen molar-refractivity contribution in [3.63, 3.8) is 0 Å². The van der Waals surface area contributed by atoms with Crippen molar-refractivity contribution in [2.75, 3.05) is 0 Å². The first-order chi connectivity index (χ1) is 13.4. The van der Waals surface area contributed by atoms with Crippen molar-refractivity contribution in [3.05, 3.63) is 58.1 Å². The van der Waals surface area contributed by atoms with Gasteiger partial charge in [0.15, 0.2) is 5.75 Å². The number of nitrogens with one attached hydrogen (secondary N) is 1.